The zero-order chi connectivity index (χ0) is 37.5. The first-order valence-electron chi connectivity index (χ1n) is 16.8. The first-order valence-corrected chi connectivity index (χ1v) is 16.8. The first-order chi connectivity index (χ1) is 25.4. The molecule has 2 aromatic heterocycles. The van der Waals surface area contributed by atoms with Crippen molar-refractivity contribution in [1.29, 1.82) is 0 Å². The monoisotopic (exact) mass is 708 g/mol. The van der Waals surface area contributed by atoms with E-state index in [-0.39, 0.29) is 16.9 Å². The van der Waals surface area contributed by atoms with Crippen LogP contribution in [0.4, 0.5) is 33.6 Å². The third kappa shape index (κ3) is 9.18. The highest BCUT2D eigenvalue weighted by molar-refractivity contribution is 6.07. The fraction of sp³-hybridized carbons (Fsp3) is 0.122. The molecule has 7 rings (SSSR count). The Balaban J connectivity index is 0.000000533. The van der Waals surface area contributed by atoms with Crippen LogP contribution in [0.15, 0.2) is 128 Å². The Morgan fingerprint density at radius 2 is 1.53 bits per heavy atom. The number of carbonyl (C=O) groups excluding carboxylic acids is 1. The summed E-state index contributed by atoms with van der Waals surface area (Å²) in [4.78, 5) is 22.1. The molecule has 0 aliphatic rings. The maximum atomic E-state index is 13.4. The van der Waals surface area contributed by atoms with Crippen LogP contribution in [0.5, 0.6) is 23.1 Å². The van der Waals surface area contributed by atoms with E-state index in [0.29, 0.717) is 34.8 Å². The minimum Gasteiger partial charge on any atom is -0.508 e. The molecule has 0 saturated carbocycles. The number of fused-ring (bicyclic) bond motifs is 1. The Bertz CT molecular complexity index is 2330. The van der Waals surface area contributed by atoms with Gasteiger partial charge in [0.15, 0.2) is 0 Å². The average Bonchev–Trinajstić information content (AvgIpc) is 3.55. The molecule has 0 aliphatic carbocycles. The summed E-state index contributed by atoms with van der Waals surface area (Å²) in [5.74, 6) is 2.20. The minimum absolute atomic E-state index is 0.171. The number of ether oxygens (including phenoxy) is 1. The number of nitrogens with two attached hydrogens (primary N) is 1. The van der Waals surface area contributed by atoms with Crippen molar-refractivity contribution in [2.45, 2.75) is 33.1 Å². The number of aryl methyl sites for hydroxylation is 1. The molecule has 7 aromatic rings. The van der Waals surface area contributed by atoms with Crippen LogP contribution in [0.1, 0.15) is 32.0 Å². The van der Waals surface area contributed by atoms with Gasteiger partial charge in [-0.1, -0.05) is 68.8 Å². The second kappa shape index (κ2) is 15.4. The van der Waals surface area contributed by atoms with Crippen molar-refractivity contribution in [2.24, 2.45) is 0 Å². The molecule has 0 atom stereocenters. The van der Waals surface area contributed by atoms with Crippen LogP contribution in [0.2, 0.25) is 0 Å². The number of benzene rings is 5. The van der Waals surface area contributed by atoms with Gasteiger partial charge in [-0.15, -0.1) is 0 Å². The third-order valence-corrected chi connectivity index (χ3v) is 7.97. The second-order valence-corrected chi connectivity index (χ2v) is 13.2. The number of anilines is 5. The van der Waals surface area contributed by atoms with Gasteiger partial charge in [-0.2, -0.15) is 10.1 Å². The van der Waals surface area contributed by atoms with Gasteiger partial charge in [0.1, 0.15) is 23.1 Å². The van der Waals surface area contributed by atoms with Gasteiger partial charge in [-0.05, 0) is 67.6 Å². The minimum atomic E-state index is -0.400. The molecule has 2 amide bonds. The normalized spacial score (nSPS) is 10.9. The van der Waals surface area contributed by atoms with Gasteiger partial charge < -0.3 is 31.3 Å². The van der Waals surface area contributed by atoms with E-state index < -0.39 is 6.03 Å². The van der Waals surface area contributed by atoms with Crippen molar-refractivity contribution in [1.82, 2.24) is 19.7 Å². The van der Waals surface area contributed by atoms with Crippen molar-refractivity contribution in [3.8, 4) is 28.8 Å². The molecule has 0 radical (unpaired) electrons. The number of carbonyl (C=O) groups is 1. The van der Waals surface area contributed by atoms with Crippen molar-refractivity contribution in [3.63, 3.8) is 0 Å². The molecule has 0 unspecified atom stereocenters. The summed E-state index contributed by atoms with van der Waals surface area (Å²) in [6.07, 6.45) is 1.60. The number of nitrogens with one attached hydrogen (secondary N) is 3. The predicted octanol–water partition coefficient (Wildman–Crippen LogP) is 9.28. The van der Waals surface area contributed by atoms with Crippen LogP contribution in [-0.2, 0) is 5.41 Å². The zero-order valence-electron chi connectivity index (χ0n) is 29.7. The lowest BCUT2D eigenvalue weighted by Crippen LogP contribution is -2.21. The lowest BCUT2D eigenvalue weighted by atomic mass is 9.92. The Hall–Kier alpha value is -7.08. The smallest absolute Gasteiger partial charge is 0.324 e. The molecule has 7 N–H and O–H groups in total. The summed E-state index contributed by atoms with van der Waals surface area (Å²) in [6, 6.07) is 35.5. The molecule has 0 bridgehead atoms. The fourth-order valence-electron chi connectivity index (χ4n) is 5.23. The van der Waals surface area contributed by atoms with Crippen molar-refractivity contribution in [2.75, 3.05) is 21.7 Å². The van der Waals surface area contributed by atoms with Gasteiger partial charge in [-0.25, -0.2) is 14.5 Å². The van der Waals surface area contributed by atoms with E-state index >= 15 is 0 Å². The molecule has 0 saturated heterocycles. The number of urea groups is 1. The zero-order valence-corrected chi connectivity index (χ0v) is 29.7. The predicted molar refractivity (Wildman–Crippen MR) is 210 cm³/mol. The number of phenols is 2. The molecular formula is C41H40N8O4. The Labute approximate surface area is 306 Å². The maximum Gasteiger partial charge on any atom is 0.324 e. The number of rotatable bonds is 7. The molecule has 2 heterocycles. The van der Waals surface area contributed by atoms with Gasteiger partial charge in [-0.3, -0.25) is 5.32 Å². The van der Waals surface area contributed by atoms with E-state index in [1.165, 1.54) is 6.07 Å². The summed E-state index contributed by atoms with van der Waals surface area (Å²) in [6.45, 7) is 8.29. The highest BCUT2D eigenvalue weighted by atomic mass is 16.5. The highest BCUT2D eigenvalue weighted by Gasteiger charge is 2.22. The van der Waals surface area contributed by atoms with Gasteiger partial charge in [0.25, 0.3) is 0 Å². The largest absolute Gasteiger partial charge is 0.508 e. The second-order valence-electron chi connectivity index (χ2n) is 13.2. The summed E-state index contributed by atoms with van der Waals surface area (Å²) < 4.78 is 7.93. The molecular weight excluding hydrogens is 669 g/mol. The third-order valence-electron chi connectivity index (χ3n) is 7.97. The number of hydrogen-bond donors (Lipinski definition) is 6. The molecule has 268 valence electrons. The maximum absolute atomic E-state index is 13.4. The van der Waals surface area contributed by atoms with E-state index in [1.807, 2.05) is 61.5 Å². The standard InChI is InChI=1S/C35H33N7O3.C6H7NO/c1-22-9-13-24(14-10-22)42-31(21-30(41-42)35(2,3)4)39-34(44)38-28-17-18-29(27-8-6-5-7-26(27)28)45-32-19-20-36-33(40-32)37-23-11-15-25(43)16-12-23;7-5-2-1-3-6(8)4-5/h5-21,43H,1-4H3,(H,36,37,40)(H2,38,39,44);1-4,8H,7H2. The number of phenolic OH excluding ortho intramolecular Hbond substituents is 2. The van der Waals surface area contributed by atoms with Gasteiger partial charge >= 0.3 is 6.03 Å². The van der Waals surface area contributed by atoms with Crippen LogP contribution >= 0.6 is 0 Å². The molecule has 12 nitrogen and oxygen atoms in total. The number of amides is 2. The number of hydrogen-bond acceptors (Lipinski definition) is 9. The van der Waals surface area contributed by atoms with Gasteiger partial charge in [0.2, 0.25) is 11.8 Å². The molecule has 0 aliphatic heterocycles. The molecule has 0 spiro atoms. The Morgan fingerprint density at radius 1 is 0.792 bits per heavy atom. The van der Waals surface area contributed by atoms with E-state index in [0.717, 1.165) is 33.4 Å². The lowest BCUT2D eigenvalue weighted by Gasteiger charge is -2.14. The molecule has 5 aromatic carbocycles. The lowest BCUT2D eigenvalue weighted by molar-refractivity contribution is 0.262. The van der Waals surface area contributed by atoms with E-state index in [2.05, 4.69) is 46.7 Å². The van der Waals surface area contributed by atoms with Crippen LogP contribution in [-0.4, -0.2) is 36.0 Å². The van der Waals surface area contributed by atoms with E-state index in [9.17, 15) is 9.90 Å². The van der Waals surface area contributed by atoms with Gasteiger partial charge in [0, 0.05) is 52.0 Å². The summed E-state index contributed by atoms with van der Waals surface area (Å²) in [5, 5.41) is 33.8. The van der Waals surface area contributed by atoms with E-state index in [4.69, 9.17) is 20.7 Å². The molecule has 0 fully saturated rings. The number of aromatic hydroxyl groups is 2. The van der Waals surface area contributed by atoms with Crippen LogP contribution in [0.25, 0.3) is 16.5 Å². The van der Waals surface area contributed by atoms with Crippen molar-refractivity contribution >= 4 is 45.6 Å². The SMILES string of the molecule is Cc1ccc(-n2nc(C(C)(C)C)cc2NC(=O)Nc2ccc(Oc3ccnc(Nc4ccc(O)cc4)n3)c3ccccc23)cc1.Nc1cccc(O)c1. The summed E-state index contributed by atoms with van der Waals surface area (Å²) in [7, 11) is 0. The quantitative estimate of drug-likeness (QED) is 0.0697. The first kappa shape index (κ1) is 35.7. The highest BCUT2D eigenvalue weighted by Crippen LogP contribution is 2.35. The molecule has 53 heavy (non-hydrogen) atoms. The van der Waals surface area contributed by atoms with Crippen LogP contribution < -0.4 is 26.4 Å². The van der Waals surface area contributed by atoms with E-state index in [1.54, 1.807) is 71.5 Å². The van der Waals surface area contributed by atoms with Crippen molar-refractivity contribution in [3.05, 3.63) is 139 Å². The molecule has 12 heteroatoms. The summed E-state index contributed by atoms with van der Waals surface area (Å²) in [5.41, 5.74) is 9.87. The summed E-state index contributed by atoms with van der Waals surface area (Å²) >= 11 is 0. The Morgan fingerprint density at radius 3 is 2.21 bits per heavy atom. The average molecular weight is 709 g/mol. The van der Waals surface area contributed by atoms with Crippen molar-refractivity contribution < 1.29 is 19.7 Å². The van der Waals surface area contributed by atoms with Crippen LogP contribution in [0.3, 0.4) is 0 Å². The fourth-order valence-corrected chi connectivity index (χ4v) is 5.23. The number of nitrogen functional groups attached to an aromatic ring is 1. The Kier molecular flexibility index (Phi) is 10.4. The topological polar surface area (TPSA) is 172 Å². The number of aromatic nitrogens is 4. The number of nitrogens with zero attached hydrogens (tertiary/aromatic N) is 4. The van der Waals surface area contributed by atoms with Crippen LogP contribution in [0, 0.1) is 6.92 Å². The van der Waals surface area contributed by atoms with Gasteiger partial charge in [0.05, 0.1) is 17.1 Å².